The van der Waals surface area contributed by atoms with Gasteiger partial charge in [-0.2, -0.15) is 5.26 Å². The maximum absolute atomic E-state index is 14.6. The quantitative estimate of drug-likeness (QED) is 0.384. The monoisotopic (exact) mass is 530 g/mol. The zero-order valence-corrected chi connectivity index (χ0v) is 25.1. The topological polar surface area (TPSA) is 78.2 Å². The van der Waals surface area contributed by atoms with Gasteiger partial charge >= 0.3 is 0 Å². The Bertz CT molecular complexity index is 1280. The van der Waals surface area contributed by atoms with Crippen molar-refractivity contribution in [3.05, 3.63) is 23.3 Å². The zero-order valence-electron chi connectivity index (χ0n) is 25.1. The van der Waals surface area contributed by atoms with E-state index in [0.29, 0.717) is 6.42 Å². The molecule has 0 spiro atoms. The van der Waals surface area contributed by atoms with E-state index < -0.39 is 10.8 Å². The smallest absolute Gasteiger partial charge is 0.223 e. The van der Waals surface area contributed by atoms with Gasteiger partial charge < -0.3 is 4.90 Å². The van der Waals surface area contributed by atoms with Crippen molar-refractivity contribution < 1.29 is 14.4 Å². The molecular weight excluding hydrogens is 484 g/mol. The summed E-state index contributed by atoms with van der Waals surface area (Å²) < 4.78 is 0. The lowest BCUT2D eigenvalue weighted by Crippen LogP contribution is -2.69. The number of hydrogen-bond acceptors (Lipinski definition) is 4. The molecule has 3 saturated carbocycles. The molecule has 1 aliphatic heterocycles. The highest BCUT2D eigenvalue weighted by Crippen LogP contribution is 2.74. The van der Waals surface area contributed by atoms with Gasteiger partial charge in [-0.1, -0.05) is 60.1 Å². The molecule has 39 heavy (non-hydrogen) atoms. The average molecular weight is 531 g/mol. The summed E-state index contributed by atoms with van der Waals surface area (Å²) in [5.74, 6) is 0.526. The van der Waals surface area contributed by atoms with Crippen LogP contribution < -0.4 is 0 Å². The van der Waals surface area contributed by atoms with E-state index in [0.717, 1.165) is 63.5 Å². The molecule has 0 aromatic rings. The number of fused-ring (bicyclic) bond motifs is 7. The Morgan fingerprint density at radius 1 is 0.949 bits per heavy atom. The predicted molar refractivity (Wildman–Crippen MR) is 150 cm³/mol. The Morgan fingerprint density at radius 2 is 1.64 bits per heavy atom. The van der Waals surface area contributed by atoms with E-state index in [1.54, 1.807) is 0 Å². The minimum absolute atomic E-state index is 0.0559. The Kier molecular flexibility index (Phi) is 5.50. The van der Waals surface area contributed by atoms with Crippen molar-refractivity contribution in [3.8, 4) is 6.07 Å². The molecule has 0 unspecified atom stereocenters. The second kappa shape index (κ2) is 7.95. The Hall–Kier alpha value is -2.22. The summed E-state index contributed by atoms with van der Waals surface area (Å²) in [6.45, 7) is 16.4. The van der Waals surface area contributed by atoms with E-state index in [4.69, 9.17) is 0 Å². The highest BCUT2D eigenvalue weighted by Gasteiger charge is 2.70. The van der Waals surface area contributed by atoms with Crippen molar-refractivity contribution >= 4 is 17.5 Å². The molecule has 4 fully saturated rings. The molecule has 0 N–H and O–H groups in total. The maximum Gasteiger partial charge on any atom is 0.223 e. The standard InChI is InChI=1S/C34H46N2O3/c1-29(2)12-14-34(36-16-8-9-26(36)38)15-13-33(7)27(22(34)19-29)23(37)17-25-31(5)18-21(20-35)28(39)30(3,4)24(31)10-11-32(25,33)6/h17-18,22,24,27H,8-16,19H2,1-7H3/t22-,24-,27-,31-,32+,33+,34-/m0/s1. The summed E-state index contributed by atoms with van der Waals surface area (Å²) in [6.07, 6.45) is 12.3. The van der Waals surface area contributed by atoms with E-state index in [1.807, 2.05) is 26.0 Å². The molecule has 5 heteroatoms. The molecule has 0 bridgehead atoms. The van der Waals surface area contributed by atoms with Crippen molar-refractivity contribution in [2.24, 2.45) is 44.8 Å². The summed E-state index contributed by atoms with van der Waals surface area (Å²) in [7, 11) is 0. The van der Waals surface area contributed by atoms with Gasteiger partial charge in [-0.05, 0) is 85.5 Å². The fraction of sp³-hybridized carbons (Fsp3) is 0.765. The third-order valence-electron chi connectivity index (χ3n) is 13.4. The summed E-state index contributed by atoms with van der Waals surface area (Å²) in [6, 6.07) is 2.20. The lowest BCUT2D eigenvalue weighted by atomic mass is 9.35. The first-order valence-electron chi connectivity index (χ1n) is 15.3. The van der Waals surface area contributed by atoms with E-state index in [-0.39, 0.29) is 62.6 Å². The van der Waals surface area contributed by atoms with E-state index in [2.05, 4.69) is 45.6 Å². The van der Waals surface area contributed by atoms with Crippen LogP contribution in [0.15, 0.2) is 23.3 Å². The second-order valence-corrected chi connectivity index (χ2v) is 16.0. The van der Waals surface area contributed by atoms with Gasteiger partial charge in [-0.25, -0.2) is 0 Å². The second-order valence-electron chi connectivity index (χ2n) is 16.0. The molecule has 0 aromatic carbocycles. The van der Waals surface area contributed by atoms with Crippen molar-refractivity contribution in [1.82, 2.24) is 4.90 Å². The minimum atomic E-state index is -0.650. The summed E-state index contributed by atoms with van der Waals surface area (Å²) in [4.78, 5) is 43.3. The number of carbonyl (C=O) groups excluding carboxylic acids is 3. The molecule has 6 aliphatic rings. The fourth-order valence-electron chi connectivity index (χ4n) is 11.2. The number of allylic oxidation sites excluding steroid dienone is 4. The molecular formula is C34H46N2O3. The van der Waals surface area contributed by atoms with Crippen molar-refractivity contribution in [1.29, 1.82) is 5.26 Å². The SMILES string of the molecule is CC1(C)CC[C@]2(N3CCCC3=O)CC[C@]3(C)[C@H](C(=O)C=C4[C@@]5(C)C=C(C#N)C(=O)C(C)(C)[C@@H]5CC[C@]43C)[C@@H]2C1. The van der Waals surface area contributed by atoms with Gasteiger partial charge in [0.15, 0.2) is 11.6 Å². The minimum Gasteiger partial charge on any atom is -0.337 e. The number of amides is 1. The van der Waals surface area contributed by atoms with Crippen LogP contribution in [0.25, 0.3) is 0 Å². The lowest BCUT2D eigenvalue weighted by Gasteiger charge is -2.70. The van der Waals surface area contributed by atoms with Crippen LogP contribution >= 0.6 is 0 Å². The van der Waals surface area contributed by atoms with Crippen LogP contribution in [0.4, 0.5) is 0 Å². The average Bonchev–Trinajstić information content (AvgIpc) is 3.29. The van der Waals surface area contributed by atoms with Gasteiger partial charge in [-0.3, -0.25) is 14.4 Å². The molecule has 1 heterocycles. The molecule has 0 radical (unpaired) electrons. The van der Waals surface area contributed by atoms with Crippen LogP contribution in [-0.2, 0) is 14.4 Å². The van der Waals surface area contributed by atoms with Crippen LogP contribution in [0.5, 0.6) is 0 Å². The van der Waals surface area contributed by atoms with Crippen molar-refractivity contribution in [3.63, 3.8) is 0 Å². The van der Waals surface area contributed by atoms with Crippen LogP contribution in [-0.4, -0.2) is 34.5 Å². The Balaban J connectivity index is 1.52. The molecule has 0 aromatic heterocycles. The van der Waals surface area contributed by atoms with Gasteiger partial charge in [0.25, 0.3) is 0 Å². The Labute approximate surface area is 234 Å². The maximum atomic E-state index is 14.6. The van der Waals surface area contributed by atoms with E-state index in [1.165, 1.54) is 0 Å². The van der Waals surface area contributed by atoms with Gasteiger partial charge in [0.1, 0.15) is 6.07 Å². The first kappa shape index (κ1) is 27.0. The van der Waals surface area contributed by atoms with Gasteiger partial charge in [0, 0.05) is 35.3 Å². The number of likely N-dealkylation sites (tertiary alicyclic amines) is 1. The first-order valence-corrected chi connectivity index (χ1v) is 15.3. The van der Waals surface area contributed by atoms with Gasteiger partial charge in [0.2, 0.25) is 5.91 Å². The van der Waals surface area contributed by atoms with E-state index >= 15 is 0 Å². The highest BCUT2D eigenvalue weighted by molar-refractivity contribution is 6.04. The van der Waals surface area contributed by atoms with Crippen LogP contribution in [0, 0.1) is 56.2 Å². The summed E-state index contributed by atoms with van der Waals surface area (Å²) in [5.41, 5.74) is -0.295. The molecule has 7 atom stereocenters. The molecule has 5 aliphatic carbocycles. The molecule has 6 rings (SSSR count). The zero-order chi connectivity index (χ0) is 28.4. The number of ketones is 2. The molecule has 1 amide bonds. The number of hydrogen-bond donors (Lipinski definition) is 0. The first-order chi connectivity index (χ1) is 18.1. The van der Waals surface area contributed by atoms with Crippen LogP contribution in [0.3, 0.4) is 0 Å². The van der Waals surface area contributed by atoms with Crippen molar-refractivity contribution in [2.75, 3.05) is 6.54 Å². The number of rotatable bonds is 1. The Morgan fingerprint density at radius 3 is 2.28 bits per heavy atom. The number of carbonyl (C=O) groups is 3. The highest BCUT2D eigenvalue weighted by atomic mass is 16.2. The third kappa shape index (κ3) is 3.21. The molecule has 210 valence electrons. The fourth-order valence-corrected chi connectivity index (χ4v) is 11.2. The molecule has 5 nitrogen and oxygen atoms in total. The van der Waals surface area contributed by atoms with Crippen molar-refractivity contribution in [2.45, 2.75) is 112 Å². The molecule has 1 saturated heterocycles. The number of nitrogens with zero attached hydrogens (tertiary/aromatic N) is 2. The summed E-state index contributed by atoms with van der Waals surface area (Å²) >= 11 is 0. The number of nitriles is 1. The third-order valence-corrected chi connectivity index (χ3v) is 13.4. The summed E-state index contributed by atoms with van der Waals surface area (Å²) in [5, 5.41) is 9.92. The van der Waals surface area contributed by atoms with Crippen LogP contribution in [0.2, 0.25) is 0 Å². The number of Topliss-reactive ketones (excluding diaryl/α,β-unsaturated/α-hetero) is 1. The van der Waals surface area contributed by atoms with Gasteiger partial charge in [-0.15, -0.1) is 0 Å². The van der Waals surface area contributed by atoms with Crippen LogP contribution in [0.1, 0.15) is 106 Å². The normalized spacial score (nSPS) is 46.3. The largest absolute Gasteiger partial charge is 0.337 e. The predicted octanol–water partition coefficient (Wildman–Crippen LogP) is 6.58. The van der Waals surface area contributed by atoms with E-state index in [9.17, 15) is 19.6 Å². The van der Waals surface area contributed by atoms with Gasteiger partial charge in [0.05, 0.1) is 5.57 Å². The lowest BCUT2D eigenvalue weighted by molar-refractivity contribution is -0.181.